The maximum Gasteiger partial charge on any atom is 0.275 e. The second kappa shape index (κ2) is 8.39. The fraction of sp³-hybridized carbons (Fsp3) is 0.522. The van der Waals surface area contributed by atoms with Gasteiger partial charge >= 0.3 is 0 Å². The monoisotopic (exact) mass is 394 g/mol. The lowest BCUT2D eigenvalue weighted by atomic mass is 10.1. The molecule has 0 unspecified atom stereocenters. The van der Waals surface area contributed by atoms with E-state index in [0.717, 1.165) is 68.6 Å². The summed E-state index contributed by atoms with van der Waals surface area (Å²) in [6.45, 7) is 6.47. The molecule has 1 aliphatic heterocycles. The van der Waals surface area contributed by atoms with Gasteiger partial charge in [0, 0.05) is 30.9 Å². The van der Waals surface area contributed by atoms with Crippen LogP contribution in [-0.4, -0.2) is 57.6 Å². The van der Waals surface area contributed by atoms with Crippen molar-refractivity contribution >= 4 is 11.8 Å². The molecule has 0 N–H and O–H groups in total. The Bertz CT molecular complexity index is 900. The second-order valence-corrected chi connectivity index (χ2v) is 8.02. The Hall–Kier alpha value is -2.63. The van der Waals surface area contributed by atoms with Gasteiger partial charge in [-0.2, -0.15) is 5.10 Å². The van der Waals surface area contributed by atoms with Crippen LogP contribution in [0.15, 0.2) is 24.3 Å². The van der Waals surface area contributed by atoms with E-state index in [9.17, 15) is 9.59 Å². The van der Waals surface area contributed by atoms with Crippen molar-refractivity contribution in [3.8, 4) is 5.69 Å². The minimum Gasteiger partial charge on any atom is -0.341 e. The molecule has 2 aliphatic rings. The summed E-state index contributed by atoms with van der Waals surface area (Å²) >= 11 is 0. The summed E-state index contributed by atoms with van der Waals surface area (Å²) in [7, 11) is 0. The van der Waals surface area contributed by atoms with Crippen LogP contribution in [-0.2, 0) is 24.1 Å². The van der Waals surface area contributed by atoms with E-state index < -0.39 is 0 Å². The number of rotatable bonds is 5. The Morgan fingerprint density at radius 2 is 1.86 bits per heavy atom. The van der Waals surface area contributed by atoms with E-state index in [-0.39, 0.29) is 18.4 Å². The highest BCUT2D eigenvalue weighted by Gasteiger charge is 2.32. The van der Waals surface area contributed by atoms with E-state index in [1.54, 1.807) is 4.90 Å². The predicted octanol–water partition coefficient (Wildman–Crippen LogP) is 3.01. The van der Waals surface area contributed by atoms with E-state index >= 15 is 0 Å². The highest BCUT2D eigenvalue weighted by Crippen LogP contribution is 2.29. The fourth-order valence-electron chi connectivity index (χ4n) is 4.44. The summed E-state index contributed by atoms with van der Waals surface area (Å²) in [5.74, 6) is -0.0530. The lowest BCUT2D eigenvalue weighted by molar-refractivity contribution is -0.130. The summed E-state index contributed by atoms with van der Waals surface area (Å²) in [6, 6.07) is 8.40. The first kappa shape index (κ1) is 19.7. The molecule has 0 radical (unpaired) electrons. The Balaban J connectivity index is 1.61. The number of hydrogen-bond acceptors (Lipinski definition) is 3. The van der Waals surface area contributed by atoms with Crippen LogP contribution < -0.4 is 0 Å². The van der Waals surface area contributed by atoms with Crippen LogP contribution in [0.25, 0.3) is 5.69 Å². The summed E-state index contributed by atoms with van der Waals surface area (Å²) in [6.07, 6.45) is 5.62. The number of hydrogen-bond donors (Lipinski definition) is 0. The van der Waals surface area contributed by atoms with Gasteiger partial charge < -0.3 is 9.80 Å². The molecule has 154 valence electrons. The molecule has 29 heavy (non-hydrogen) atoms. The van der Waals surface area contributed by atoms with E-state index in [2.05, 4.69) is 38.1 Å². The molecular weight excluding hydrogens is 364 g/mol. The van der Waals surface area contributed by atoms with Crippen molar-refractivity contribution in [3.05, 3.63) is 46.8 Å². The van der Waals surface area contributed by atoms with Crippen LogP contribution in [0.5, 0.6) is 0 Å². The summed E-state index contributed by atoms with van der Waals surface area (Å²) in [5.41, 5.74) is 5.03. The maximum absolute atomic E-state index is 13.3. The van der Waals surface area contributed by atoms with Gasteiger partial charge in [0.15, 0.2) is 5.69 Å². The lowest BCUT2D eigenvalue weighted by Gasteiger charge is -2.21. The van der Waals surface area contributed by atoms with Crippen molar-refractivity contribution in [1.29, 1.82) is 0 Å². The van der Waals surface area contributed by atoms with Gasteiger partial charge in [0.25, 0.3) is 5.91 Å². The second-order valence-electron chi connectivity index (χ2n) is 8.02. The number of benzene rings is 1. The third kappa shape index (κ3) is 3.80. The molecule has 1 fully saturated rings. The number of fused-ring (bicyclic) bond motifs is 1. The molecule has 6 heteroatoms. The van der Waals surface area contributed by atoms with Gasteiger partial charge in [0.05, 0.1) is 5.69 Å². The molecule has 6 nitrogen and oxygen atoms in total. The zero-order valence-electron chi connectivity index (χ0n) is 17.5. The first-order chi connectivity index (χ1) is 14.1. The molecule has 0 spiro atoms. The number of aryl methyl sites for hydroxylation is 1. The Morgan fingerprint density at radius 3 is 2.59 bits per heavy atom. The predicted molar refractivity (Wildman–Crippen MR) is 112 cm³/mol. The van der Waals surface area contributed by atoms with E-state index in [1.165, 1.54) is 5.56 Å². The summed E-state index contributed by atoms with van der Waals surface area (Å²) < 4.78 is 1.94. The van der Waals surface area contributed by atoms with E-state index in [4.69, 9.17) is 5.10 Å². The molecule has 0 bridgehead atoms. The normalized spacial score (nSPS) is 16.8. The van der Waals surface area contributed by atoms with E-state index in [0.29, 0.717) is 12.2 Å². The van der Waals surface area contributed by atoms with Gasteiger partial charge in [-0.15, -0.1) is 0 Å². The summed E-state index contributed by atoms with van der Waals surface area (Å²) in [4.78, 5) is 29.5. The lowest BCUT2D eigenvalue weighted by Crippen LogP contribution is -2.40. The third-order valence-corrected chi connectivity index (χ3v) is 6.04. The minimum absolute atomic E-state index is 0.0453. The number of nitrogens with zero attached hydrogens (tertiary/aromatic N) is 4. The molecule has 1 aromatic carbocycles. The Kier molecular flexibility index (Phi) is 5.69. The molecule has 4 rings (SSSR count). The van der Waals surface area contributed by atoms with Crippen molar-refractivity contribution < 1.29 is 9.59 Å². The molecule has 2 aromatic rings. The average Bonchev–Trinajstić information content (AvgIpc) is 3.29. The minimum atomic E-state index is -0.0984. The highest BCUT2D eigenvalue weighted by molar-refractivity contribution is 5.96. The molecule has 0 saturated carbocycles. The van der Waals surface area contributed by atoms with Crippen LogP contribution in [0.2, 0.25) is 0 Å². The number of amides is 2. The van der Waals surface area contributed by atoms with Crippen LogP contribution in [0.1, 0.15) is 60.4 Å². The molecule has 2 amide bonds. The maximum atomic E-state index is 13.3. The quantitative estimate of drug-likeness (QED) is 0.783. The van der Waals surface area contributed by atoms with Crippen molar-refractivity contribution in [3.63, 3.8) is 0 Å². The molecule has 1 aromatic heterocycles. The van der Waals surface area contributed by atoms with Crippen LogP contribution in [0.4, 0.5) is 0 Å². The molecule has 2 heterocycles. The Labute approximate surface area is 172 Å². The van der Waals surface area contributed by atoms with Crippen molar-refractivity contribution in [2.24, 2.45) is 0 Å². The number of carbonyl (C=O) groups is 2. The zero-order chi connectivity index (χ0) is 20.4. The molecule has 0 atom stereocenters. The fourth-order valence-corrected chi connectivity index (χ4v) is 4.44. The first-order valence-electron chi connectivity index (χ1n) is 10.9. The third-order valence-electron chi connectivity index (χ3n) is 6.04. The standard InChI is InChI=1S/C23H30N4O2/c1-3-13-25-14-6-15-26(16-21(25)28)23(29)22-19-7-5-8-20(19)27(24-22)18-11-9-17(4-2)10-12-18/h9-12H,3-8,13-16H2,1-2H3. The van der Waals surface area contributed by atoms with Gasteiger partial charge in [-0.3, -0.25) is 9.59 Å². The van der Waals surface area contributed by atoms with Gasteiger partial charge in [0.2, 0.25) is 5.91 Å². The highest BCUT2D eigenvalue weighted by atomic mass is 16.2. The average molecular weight is 395 g/mol. The van der Waals surface area contributed by atoms with E-state index in [1.807, 2.05) is 9.58 Å². The van der Waals surface area contributed by atoms with Crippen LogP contribution in [0.3, 0.4) is 0 Å². The molecule has 1 saturated heterocycles. The van der Waals surface area contributed by atoms with Crippen LogP contribution in [0, 0.1) is 0 Å². The number of carbonyl (C=O) groups excluding carboxylic acids is 2. The molecule has 1 aliphatic carbocycles. The largest absolute Gasteiger partial charge is 0.341 e. The van der Waals surface area contributed by atoms with Gasteiger partial charge in [0.1, 0.15) is 6.54 Å². The van der Waals surface area contributed by atoms with Gasteiger partial charge in [-0.1, -0.05) is 26.0 Å². The van der Waals surface area contributed by atoms with Crippen LogP contribution >= 0.6 is 0 Å². The topological polar surface area (TPSA) is 58.4 Å². The SMILES string of the molecule is CCCN1CCCN(C(=O)c2nn(-c3ccc(CC)cc3)c3c2CCC3)CC1=O. The van der Waals surface area contributed by atoms with Crippen molar-refractivity contribution in [2.45, 2.75) is 52.4 Å². The zero-order valence-corrected chi connectivity index (χ0v) is 17.5. The first-order valence-corrected chi connectivity index (χ1v) is 10.9. The van der Waals surface area contributed by atoms with Crippen molar-refractivity contribution in [1.82, 2.24) is 19.6 Å². The Morgan fingerprint density at radius 1 is 1.07 bits per heavy atom. The summed E-state index contributed by atoms with van der Waals surface area (Å²) in [5, 5.41) is 4.74. The molecular formula is C23H30N4O2. The number of aromatic nitrogens is 2. The smallest absolute Gasteiger partial charge is 0.275 e. The van der Waals surface area contributed by atoms with Gasteiger partial charge in [-0.25, -0.2) is 4.68 Å². The van der Waals surface area contributed by atoms with Crippen molar-refractivity contribution in [2.75, 3.05) is 26.2 Å². The van der Waals surface area contributed by atoms with Gasteiger partial charge in [-0.05, 0) is 56.2 Å².